The minimum atomic E-state index is -5.37. The lowest BCUT2D eigenvalue weighted by atomic mass is 9.99. The molecule has 3 heterocycles. The molecule has 5 atom stereocenters. The van der Waals surface area contributed by atoms with Crippen LogP contribution in [-0.2, 0) is 27.4 Å². The third kappa shape index (κ3) is 5.94. The molecule has 1 aliphatic heterocycles. The number of nitrogens with one attached hydrogen (secondary N) is 2. The molecular weight excluding hydrogens is 494 g/mol. The predicted molar refractivity (Wildman–Crippen MR) is 105 cm³/mol. The number of hydrogen-bond donors (Lipinski definition) is 7. The molecule has 1 amide bonds. The summed E-state index contributed by atoms with van der Waals surface area (Å²) in [7, 11) is -9.30. The van der Waals surface area contributed by atoms with Gasteiger partial charge in [0.25, 0.3) is 5.56 Å². The van der Waals surface area contributed by atoms with Crippen LogP contribution in [0.25, 0.3) is 11.2 Å². The molecule has 0 spiro atoms. The summed E-state index contributed by atoms with van der Waals surface area (Å²) in [5, 5.41) is 13.0. The molecule has 184 valence electrons. The number of carbonyl (C=O) groups excluding carboxylic acids is 1. The first-order chi connectivity index (χ1) is 15.3. The molecule has 1 fully saturated rings. The Morgan fingerprint density at radius 3 is 2.70 bits per heavy atom. The van der Waals surface area contributed by atoms with Crippen LogP contribution in [0.3, 0.4) is 0 Å². The van der Waals surface area contributed by atoms with Gasteiger partial charge in [-0.1, -0.05) is 0 Å². The highest BCUT2D eigenvalue weighted by molar-refractivity contribution is 7.60. The molecule has 1 saturated heterocycles. The lowest BCUT2D eigenvalue weighted by Crippen LogP contribution is -2.34. The molecule has 0 radical (unpaired) electrons. The molecular formula is C13H20N6O12P2. The summed E-state index contributed by atoms with van der Waals surface area (Å²) < 4.78 is 42.7. The quantitative estimate of drug-likeness (QED) is 0.191. The van der Waals surface area contributed by atoms with E-state index in [-0.39, 0.29) is 17.1 Å². The van der Waals surface area contributed by atoms with Crippen molar-refractivity contribution in [3.63, 3.8) is 0 Å². The Bertz CT molecular complexity index is 1180. The van der Waals surface area contributed by atoms with Crippen molar-refractivity contribution in [1.29, 1.82) is 0 Å². The summed E-state index contributed by atoms with van der Waals surface area (Å²) in [6.45, 7) is -1.27. The molecule has 0 aliphatic carbocycles. The molecule has 0 bridgehead atoms. The van der Waals surface area contributed by atoms with Crippen molar-refractivity contribution in [2.24, 2.45) is 5.92 Å². The van der Waals surface area contributed by atoms with E-state index in [1.54, 1.807) is 0 Å². The SMILES string of the molecule is CNC(=O)OC[C@H]1[C@@H](O)[C@H](n2cnc3c(=O)[nH]c(N)nc32)O[C@@H]1COP(=O)(O)OP(=O)(O)O. The molecule has 0 saturated carbocycles. The maximum Gasteiger partial charge on any atom is 0.481 e. The Morgan fingerprint density at radius 1 is 1.36 bits per heavy atom. The zero-order chi connectivity index (χ0) is 24.6. The number of aliphatic hydroxyl groups excluding tert-OH is 1. The van der Waals surface area contributed by atoms with Gasteiger partial charge in [-0.3, -0.25) is 18.9 Å². The molecule has 0 aromatic carbocycles. The first-order valence-electron chi connectivity index (χ1n) is 8.96. The van der Waals surface area contributed by atoms with Gasteiger partial charge in [0.15, 0.2) is 17.4 Å². The Morgan fingerprint density at radius 2 is 2.06 bits per heavy atom. The summed E-state index contributed by atoms with van der Waals surface area (Å²) in [5.41, 5.74) is 4.73. The number of fused-ring (bicyclic) bond motifs is 1. The van der Waals surface area contributed by atoms with Gasteiger partial charge in [-0.05, 0) is 0 Å². The summed E-state index contributed by atoms with van der Waals surface area (Å²) >= 11 is 0. The van der Waals surface area contributed by atoms with E-state index in [2.05, 4.69) is 29.1 Å². The number of aromatic amines is 1. The van der Waals surface area contributed by atoms with E-state index in [0.29, 0.717) is 0 Å². The van der Waals surface area contributed by atoms with Crippen molar-refractivity contribution >= 4 is 38.9 Å². The normalized spacial score (nSPS) is 25.1. The van der Waals surface area contributed by atoms with Crippen LogP contribution in [0.15, 0.2) is 11.1 Å². The number of hydrogen-bond acceptors (Lipinski definition) is 12. The number of nitrogen functional groups attached to an aromatic ring is 1. The van der Waals surface area contributed by atoms with Gasteiger partial charge in [0.2, 0.25) is 5.95 Å². The van der Waals surface area contributed by atoms with Crippen LogP contribution in [0.4, 0.5) is 10.7 Å². The number of aliphatic hydroxyl groups is 1. The number of rotatable bonds is 8. The molecule has 1 aliphatic rings. The predicted octanol–water partition coefficient (Wildman–Crippen LogP) is -1.84. The molecule has 1 unspecified atom stereocenters. The van der Waals surface area contributed by atoms with Gasteiger partial charge < -0.3 is 40.3 Å². The van der Waals surface area contributed by atoms with Crippen LogP contribution in [-0.4, -0.2) is 77.9 Å². The number of amides is 1. The van der Waals surface area contributed by atoms with Crippen LogP contribution >= 0.6 is 15.6 Å². The van der Waals surface area contributed by atoms with Gasteiger partial charge in [-0.15, -0.1) is 0 Å². The van der Waals surface area contributed by atoms with Crippen molar-refractivity contribution in [2.75, 3.05) is 26.0 Å². The topological polar surface area (TPSA) is 271 Å². The molecule has 8 N–H and O–H groups in total. The number of phosphoric acid groups is 2. The van der Waals surface area contributed by atoms with Gasteiger partial charge in [-0.2, -0.15) is 9.29 Å². The van der Waals surface area contributed by atoms with Crippen LogP contribution in [0.1, 0.15) is 6.23 Å². The highest BCUT2D eigenvalue weighted by Crippen LogP contribution is 2.57. The van der Waals surface area contributed by atoms with Gasteiger partial charge in [0.1, 0.15) is 12.7 Å². The molecule has 2 aromatic heterocycles. The summed E-state index contributed by atoms with van der Waals surface area (Å²) in [6, 6.07) is 0. The zero-order valence-electron chi connectivity index (χ0n) is 16.7. The third-order valence-electron chi connectivity index (χ3n) is 4.47. The highest BCUT2D eigenvalue weighted by Gasteiger charge is 2.47. The number of alkyl carbamates (subject to hydrolysis) is 1. The number of carbonyl (C=O) groups is 1. The van der Waals surface area contributed by atoms with Crippen LogP contribution in [0.2, 0.25) is 0 Å². The second-order valence-electron chi connectivity index (χ2n) is 6.68. The molecule has 2 aromatic rings. The molecule has 3 rings (SSSR count). The fourth-order valence-electron chi connectivity index (χ4n) is 3.09. The molecule has 18 nitrogen and oxygen atoms in total. The van der Waals surface area contributed by atoms with Crippen molar-refractivity contribution in [2.45, 2.75) is 18.4 Å². The standard InChI is InChI=1S/C13H20N6O12P2/c1-15-13(22)28-2-5-6(3-29-33(26,27)31-32(23,24)25)30-11(8(5)20)19-4-16-7-9(19)17-12(14)18-10(7)21/h4-6,8,11,20H,2-3H2,1H3,(H,15,22)(H,26,27)(H2,23,24,25)(H3,14,17,18,21)/t5-,6-,8-,11-/m1/s1. The van der Waals surface area contributed by atoms with Gasteiger partial charge in [0.05, 0.1) is 25.0 Å². The minimum Gasteiger partial charge on any atom is -0.449 e. The monoisotopic (exact) mass is 514 g/mol. The maximum atomic E-state index is 12.0. The first kappa shape index (κ1) is 25.2. The number of ether oxygens (including phenoxy) is 2. The average molecular weight is 514 g/mol. The molecule has 33 heavy (non-hydrogen) atoms. The van der Waals surface area contributed by atoms with Crippen molar-refractivity contribution < 1.29 is 52.0 Å². The summed E-state index contributed by atoms with van der Waals surface area (Å²) in [5.74, 6) is -1.31. The maximum absolute atomic E-state index is 12.0. The van der Waals surface area contributed by atoms with E-state index in [0.717, 1.165) is 6.33 Å². The Kier molecular flexibility index (Phi) is 7.23. The number of imidazole rings is 1. The van der Waals surface area contributed by atoms with E-state index in [1.807, 2.05) is 0 Å². The van der Waals surface area contributed by atoms with Crippen LogP contribution < -0.4 is 16.6 Å². The number of H-pyrrole nitrogens is 1. The second-order valence-corrected chi connectivity index (χ2v) is 9.51. The minimum absolute atomic E-state index is 0.0505. The second kappa shape index (κ2) is 9.46. The lowest BCUT2D eigenvalue weighted by molar-refractivity contribution is -0.0490. The van der Waals surface area contributed by atoms with Gasteiger partial charge >= 0.3 is 21.7 Å². The summed E-state index contributed by atoms with van der Waals surface area (Å²) in [4.78, 5) is 60.5. The number of phosphoric ester groups is 1. The summed E-state index contributed by atoms with van der Waals surface area (Å²) in [6.07, 6.45) is -3.72. The van der Waals surface area contributed by atoms with Crippen LogP contribution in [0.5, 0.6) is 0 Å². The number of nitrogens with two attached hydrogens (primary N) is 1. The number of anilines is 1. The Labute approximate surface area is 183 Å². The van der Waals surface area contributed by atoms with Crippen molar-refractivity contribution in [3.05, 3.63) is 16.7 Å². The number of aromatic nitrogens is 4. The van der Waals surface area contributed by atoms with Crippen LogP contribution in [0, 0.1) is 5.92 Å². The van der Waals surface area contributed by atoms with Crippen molar-refractivity contribution in [3.8, 4) is 0 Å². The third-order valence-corrected chi connectivity index (χ3v) is 6.62. The van der Waals surface area contributed by atoms with Crippen molar-refractivity contribution in [1.82, 2.24) is 24.8 Å². The van der Waals surface area contributed by atoms with E-state index in [9.17, 15) is 28.7 Å². The Balaban J connectivity index is 1.87. The van der Waals surface area contributed by atoms with Gasteiger partial charge in [0, 0.05) is 7.05 Å². The first-order valence-corrected chi connectivity index (χ1v) is 12.0. The molecule has 20 heteroatoms. The number of nitrogens with zero attached hydrogens (tertiary/aromatic N) is 3. The van der Waals surface area contributed by atoms with Gasteiger partial charge in [-0.25, -0.2) is 18.9 Å². The average Bonchev–Trinajstić information content (AvgIpc) is 3.23. The smallest absolute Gasteiger partial charge is 0.449 e. The Hall–Kier alpha value is -2.40. The largest absolute Gasteiger partial charge is 0.481 e. The highest BCUT2D eigenvalue weighted by atomic mass is 31.3. The fraction of sp³-hybridized carbons (Fsp3) is 0.538. The van der Waals surface area contributed by atoms with E-state index >= 15 is 0 Å². The lowest BCUT2D eigenvalue weighted by Gasteiger charge is -2.20. The zero-order valence-corrected chi connectivity index (χ0v) is 18.5. The van der Waals surface area contributed by atoms with E-state index in [1.165, 1.54) is 11.6 Å². The van der Waals surface area contributed by atoms with E-state index in [4.69, 9.17) is 25.0 Å². The van der Waals surface area contributed by atoms with E-state index < -0.39 is 64.9 Å². The fourth-order valence-corrected chi connectivity index (χ4v) is 4.69.